The zero-order valence-corrected chi connectivity index (χ0v) is 12.3. The molecule has 1 N–H and O–H groups in total. The lowest BCUT2D eigenvalue weighted by Gasteiger charge is -2.12. The van der Waals surface area contributed by atoms with Crippen LogP contribution in [0.2, 0.25) is 0 Å². The molecule has 22 heavy (non-hydrogen) atoms. The van der Waals surface area contributed by atoms with Gasteiger partial charge in [-0.1, -0.05) is 30.3 Å². The molecule has 0 atom stereocenters. The largest absolute Gasteiger partial charge is 0.483 e. The average molecular weight is 300 g/mol. The molecule has 0 unspecified atom stereocenters. The number of rotatable bonds is 5. The number of hydrogen-bond acceptors (Lipinski definition) is 4. The van der Waals surface area contributed by atoms with Crippen LogP contribution >= 0.6 is 0 Å². The van der Waals surface area contributed by atoms with Gasteiger partial charge in [-0.25, -0.2) is 0 Å². The van der Waals surface area contributed by atoms with Gasteiger partial charge in [0.25, 0.3) is 11.6 Å². The summed E-state index contributed by atoms with van der Waals surface area (Å²) in [4.78, 5) is 22.3. The van der Waals surface area contributed by atoms with Crippen LogP contribution in [0.3, 0.4) is 0 Å². The summed E-state index contributed by atoms with van der Waals surface area (Å²) in [6.07, 6.45) is 0. The SMILES string of the molecule is Cc1cccc(C)c1OCC(=O)Nc1ccccc1[N+](=O)[O-]. The van der Waals surface area contributed by atoms with Gasteiger partial charge in [0.15, 0.2) is 6.61 Å². The van der Waals surface area contributed by atoms with Crippen molar-refractivity contribution in [1.29, 1.82) is 0 Å². The van der Waals surface area contributed by atoms with E-state index >= 15 is 0 Å². The van der Waals surface area contributed by atoms with Crippen LogP contribution in [0.5, 0.6) is 5.75 Å². The van der Waals surface area contributed by atoms with Gasteiger partial charge in [-0.05, 0) is 31.0 Å². The van der Waals surface area contributed by atoms with Gasteiger partial charge in [-0.3, -0.25) is 14.9 Å². The van der Waals surface area contributed by atoms with Crippen molar-refractivity contribution < 1.29 is 14.5 Å². The topological polar surface area (TPSA) is 81.5 Å². The minimum atomic E-state index is -0.540. The number of amides is 1. The Bertz CT molecular complexity index is 693. The summed E-state index contributed by atoms with van der Waals surface area (Å²) in [6, 6.07) is 11.7. The number of carbonyl (C=O) groups is 1. The van der Waals surface area contributed by atoms with Gasteiger partial charge < -0.3 is 10.1 Å². The maximum Gasteiger partial charge on any atom is 0.292 e. The molecule has 0 aromatic heterocycles. The Kier molecular flexibility index (Phi) is 4.73. The molecule has 0 aliphatic heterocycles. The predicted molar refractivity (Wildman–Crippen MR) is 83.1 cm³/mol. The van der Waals surface area contributed by atoms with Crippen LogP contribution in [-0.2, 0) is 4.79 Å². The normalized spacial score (nSPS) is 10.1. The molecule has 0 bridgehead atoms. The van der Waals surface area contributed by atoms with Gasteiger partial charge in [0, 0.05) is 6.07 Å². The molecule has 0 aliphatic rings. The van der Waals surface area contributed by atoms with E-state index in [9.17, 15) is 14.9 Å². The minimum Gasteiger partial charge on any atom is -0.483 e. The van der Waals surface area contributed by atoms with Crippen molar-refractivity contribution in [3.05, 3.63) is 63.7 Å². The lowest BCUT2D eigenvalue weighted by molar-refractivity contribution is -0.383. The Morgan fingerprint density at radius 1 is 1.14 bits per heavy atom. The second kappa shape index (κ2) is 6.71. The summed E-state index contributed by atoms with van der Waals surface area (Å²) in [5.41, 5.74) is 1.86. The standard InChI is InChI=1S/C16H16N2O4/c1-11-6-5-7-12(2)16(11)22-10-15(19)17-13-8-3-4-9-14(13)18(20)21/h3-9H,10H2,1-2H3,(H,17,19). The third-order valence-corrected chi connectivity index (χ3v) is 3.13. The van der Waals surface area contributed by atoms with Gasteiger partial charge in [0.1, 0.15) is 11.4 Å². The average Bonchev–Trinajstić information content (AvgIpc) is 2.47. The maximum atomic E-state index is 11.9. The molecule has 114 valence electrons. The van der Waals surface area contributed by atoms with Crippen LogP contribution in [0.25, 0.3) is 0 Å². The third-order valence-electron chi connectivity index (χ3n) is 3.13. The van der Waals surface area contributed by atoms with Gasteiger partial charge in [0.2, 0.25) is 0 Å². The monoisotopic (exact) mass is 300 g/mol. The zero-order valence-electron chi connectivity index (χ0n) is 12.3. The Balaban J connectivity index is 2.04. The van der Waals surface area contributed by atoms with E-state index in [-0.39, 0.29) is 18.0 Å². The first-order valence-corrected chi connectivity index (χ1v) is 6.71. The van der Waals surface area contributed by atoms with Crippen LogP contribution in [0.4, 0.5) is 11.4 Å². The van der Waals surface area contributed by atoms with Crippen molar-refractivity contribution in [2.24, 2.45) is 0 Å². The lowest BCUT2D eigenvalue weighted by Crippen LogP contribution is -2.21. The minimum absolute atomic E-state index is 0.150. The fourth-order valence-corrected chi connectivity index (χ4v) is 2.09. The van der Waals surface area contributed by atoms with E-state index in [2.05, 4.69) is 5.32 Å². The molecule has 2 aromatic rings. The van der Waals surface area contributed by atoms with Gasteiger partial charge in [-0.15, -0.1) is 0 Å². The van der Waals surface area contributed by atoms with Crippen LogP contribution < -0.4 is 10.1 Å². The molecular weight excluding hydrogens is 284 g/mol. The number of aryl methyl sites for hydroxylation is 2. The molecule has 2 rings (SSSR count). The molecule has 0 fully saturated rings. The number of carbonyl (C=O) groups excluding carboxylic acids is 1. The number of para-hydroxylation sites is 3. The lowest BCUT2D eigenvalue weighted by atomic mass is 10.1. The first-order chi connectivity index (χ1) is 10.5. The molecule has 2 aromatic carbocycles. The van der Waals surface area contributed by atoms with Gasteiger partial charge in [0.05, 0.1) is 4.92 Å². The summed E-state index contributed by atoms with van der Waals surface area (Å²) in [5, 5.41) is 13.4. The highest BCUT2D eigenvalue weighted by Gasteiger charge is 2.15. The molecule has 0 heterocycles. The molecule has 6 heteroatoms. The highest BCUT2D eigenvalue weighted by atomic mass is 16.6. The highest BCUT2D eigenvalue weighted by molar-refractivity contribution is 5.94. The number of hydrogen-bond donors (Lipinski definition) is 1. The van der Waals surface area contributed by atoms with E-state index in [0.29, 0.717) is 5.75 Å². The molecule has 0 saturated carbocycles. The number of nitrogens with one attached hydrogen (secondary N) is 1. The summed E-state index contributed by atoms with van der Waals surface area (Å²) in [7, 11) is 0. The third kappa shape index (κ3) is 3.60. The van der Waals surface area contributed by atoms with Crippen LogP contribution in [0.15, 0.2) is 42.5 Å². The van der Waals surface area contributed by atoms with Crippen molar-refractivity contribution in [1.82, 2.24) is 0 Å². The zero-order chi connectivity index (χ0) is 16.1. The summed E-state index contributed by atoms with van der Waals surface area (Å²) in [6.45, 7) is 3.57. The smallest absolute Gasteiger partial charge is 0.292 e. The Hall–Kier alpha value is -2.89. The fourth-order valence-electron chi connectivity index (χ4n) is 2.09. The fraction of sp³-hybridized carbons (Fsp3) is 0.188. The molecule has 0 aliphatic carbocycles. The van der Waals surface area contributed by atoms with Gasteiger partial charge >= 0.3 is 0 Å². The first-order valence-electron chi connectivity index (χ1n) is 6.71. The van der Waals surface area contributed by atoms with E-state index in [1.807, 2.05) is 32.0 Å². The molecule has 0 saturated heterocycles. The van der Waals surface area contributed by atoms with E-state index in [1.165, 1.54) is 12.1 Å². The summed E-state index contributed by atoms with van der Waals surface area (Å²) in [5.74, 6) is 0.206. The summed E-state index contributed by atoms with van der Waals surface area (Å²) >= 11 is 0. The van der Waals surface area contributed by atoms with E-state index in [1.54, 1.807) is 12.1 Å². The van der Waals surface area contributed by atoms with Crippen LogP contribution in [0, 0.1) is 24.0 Å². The van der Waals surface area contributed by atoms with Gasteiger partial charge in [-0.2, -0.15) is 0 Å². The quantitative estimate of drug-likeness (QED) is 0.679. The molecule has 0 spiro atoms. The first kappa shape index (κ1) is 15.5. The second-order valence-corrected chi connectivity index (χ2v) is 4.83. The van der Waals surface area contributed by atoms with E-state index in [0.717, 1.165) is 11.1 Å². The highest BCUT2D eigenvalue weighted by Crippen LogP contribution is 2.24. The van der Waals surface area contributed by atoms with Crippen molar-refractivity contribution in [3.8, 4) is 5.75 Å². The molecule has 1 amide bonds. The second-order valence-electron chi connectivity index (χ2n) is 4.83. The number of nitro groups is 1. The number of nitro benzene ring substituents is 1. The number of anilines is 1. The van der Waals surface area contributed by atoms with Crippen molar-refractivity contribution in [3.63, 3.8) is 0 Å². The predicted octanol–water partition coefficient (Wildman–Crippen LogP) is 3.23. The van der Waals surface area contributed by atoms with Crippen molar-refractivity contribution in [2.45, 2.75) is 13.8 Å². The molecule has 6 nitrogen and oxygen atoms in total. The van der Waals surface area contributed by atoms with Crippen LogP contribution in [0.1, 0.15) is 11.1 Å². The van der Waals surface area contributed by atoms with E-state index < -0.39 is 10.8 Å². The van der Waals surface area contributed by atoms with E-state index in [4.69, 9.17) is 4.74 Å². The molecule has 0 radical (unpaired) electrons. The maximum absolute atomic E-state index is 11.9. The summed E-state index contributed by atoms with van der Waals surface area (Å²) < 4.78 is 5.52. The molecular formula is C16H16N2O4. The van der Waals surface area contributed by atoms with Crippen molar-refractivity contribution in [2.75, 3.05) is 11.9 Å². The number of benzene rings is 2. The van der Waals surface area contributed by atoms with Crippen LogP contribution in [-0.4, -0.2) is 17.4 Å². The number of ether oxygens (including phenoxy) is 1. The Morgan fingerprint density at radius 3 is 2.41 bits per heavy atom. The number of nitrogens with zero attached hydrogens (tertiary/aromatic N) is 1. The Labute approximate surface area is 127 Å². The Morgan fingerprint density at radius 2 is 1.77 bits per heavy atom. The van der Waals surface area contributed by atoms with Crippen molar-refractivity contribution >= 4 is 17.3 Å².